The molecule has 1 atom stereocenters. The molecule has 0 aliphatic heterocycles. The van der Waals surface area contributed by atoms with Gasteiger partial charge in [-0.1, -0.05) is 12.1 Å². The number of carbonyl (C=O) groups is 1. The summed E-state index contributed by atoms with van der Waals surface area (Å²) in [7, 11) is -2.08. The van der Waals surface area contributed by atoms with Crippen LogP contribution in [0.1, 0.15) is 6.92 Å². The Morgan fingerprint density at radius 2 is 1.85 bits per heavy atom. The number of halogens is 1. The summed E-state index contributed by atoms with van der Waals surface area (Å²) in [6, 6.07) is 9.86. The Hall–Kier alpha value is -2.81. The summed E-state index contributed by atoms with van der Waals surface area (Å²) < 4.78 is 44.0. The molecule has 0 spiro atoms. The molecule has 0 heterocycles. The zero-order valence-electron chi connectivity index (χ0n) is 14.5. The third-order valence-corrected chi connectivity index (χ3v) is 3.99. The smallest absolute Gasteiger partial charge is 0.246 e. The van der Waals surface area contributed by atoms with E-state index >= 15 is 0 Å². The van der Waals surface area contributed by atoms with Gasteiger partial charge in [0, 0.05) is 5.69 Å². The summed E-state index contributed by atoms with van der Waals surface area (Å²) in [5.41, 5.74) is 0.815. The second-order valence-electron chi connectivity index (χ2n) is 5.62. The minimum absolute atomic E-state index is 0.0836. The molecule has 7 nitrogen and oxygen atoms in total. The fourth-order valence-corrected chi connectivity index (χ4v) is 2.76. The lowest BCUT2D eigenvalue weighted by Gasteiger charge is -2.17. The predicted molar refractivity (Wildman–Crippen MR) is 99.6 cm³/mol. The van der Waals surface area contributed by atoms with Crippen molar-refractivity contribution in [2.75, 3.05) is 28.7 Å². The first-order valence-electron chi connectivity index (χ1n) is 7.67. The SMILES string of the molecule is COc1ccc(N[C@@H](C)C(=O)Nc2ccccc2F)cc1NS(C)(=O)=O. The van der Waals surface area contributed by atoms with Gasteiger partial charge in [-0.15, -0.1) is 0 Å². The maximum Gasteiger partial charge on any atom is 0.246 e. The molecule has 1 amide bonds. The van der Waals surface area contributed by atoms with Crippen molar-refractivity contribution in [1.29, 1.82) is 0 Å². The fourth-order valence-electron chi connectivity index (χ4n) is 2.20. The highest BCUT2D eigenvalue weighted by Gasteiger charge is 2.16. The van der Waals surface area contributed by atoms with Gasteiger partial charge in [0.25, 0.3) is 0 Å². The van der Waals surface area contributed by atoms with Crippen molar-refractivity contribution in [3.63, 3.8) is 0 Å². The molecule has 0 unspecified atom stereocenters. The van der Waals surface area contributed by atoms with Crippen LogP contribution in [-0.4, -0.2) is 33.7 Å². The molecule has 0 fully saturated rings. The number of ether oxygens (including phenoxy) is 1. The Morgan fingerprint density at radius 3 is 2.46 bits per heavy atom. The average Bonchev–Trinajstić information content (AvgIpc) is 2.55. The number of hydrogen-bond acceptors (Lipinski definition) is 5. The molecular formula is C17H20FN3O4S. The van der Waals surface area contributed by atoms with E-state index in [1.54, 1.807) is 25.1 Å². The van der Waals surface area contributed by atoms with Crippen molar-refractivity contribution in [3.05, 3.63) is 48.3 Å². The highest BCUT2D eigenvalue weighted by Crippen LogP contribution is 2.29. The van der Waals surface area contributed by atoms with Gasteiger partial charge in [0.15, 0.2) is 0 Å². The quantitative estimate of drug-likeness (QED) is 0.685. The summed E-state index contributed by atoms with van der Waals surface area (Å²) in [5, 5.41) is 5.43. The van der Waals surface area contributed by atoms with E-state index in [1.807, 2.05) is 0 Å². The maximum atomic E-state index is 13.6. The van der Waals surface area contributed by atoms with Crippen molar-refractivity contribution in [1.82, 2.24) is 0 Å². The van der Waals surface area contributed by atoms with Crippen LogP contribution in [0.25, 0.3) is 0 Å². The number of rotatable bonds is 7. The highest BCUT2D eigenvalue weighted by molar-refractivity contribution is 7.92. The van der Waals surface area contributed by atoms with Gasteiger partial charge in [-0.25, -0.2) is 12.8 Å². The molecule has 26 heavy (non-hydrogen) atoms. The van der Waals surface area contributed by atoms with Crippen LogP contribution in [0.2, 0.25) is 0 Å². The zero-order valence-corrected chi connectivity index (χ0v) is 15.4. The third kappa shape index (κ3) is 5.35. The summed E-state index contributed by atoms with van der Waals surface area (Å²) in [6.45, 7) is 1.60. The standard InChI is InChI=1S/C17H20FN3O4S/c1-11(17(22)20-14-7-5-4-6-13(14)18)19-12-8-9-16(25-2)15(10-12)21-26(3,23)24/h4-11,19,21H,1-3H3,(H,20,22)/t11-/m0/s1. The molecule has 0 radical (unpaired) electrons. The van der Waals surface area contributed by atoms with Crippen molar-refractivity contribution in [2.45, 2.75) is 13.0 Å². The topological polar surface area (TPSA) is 96.5 Å². The number of benzene rings is 2. The Labute approximate surface area is 151 Å². The number of nitrogens with one attached hydrogen (secondary N) is 3. The zero-order chi connectivity index (χ0) is 19.3. The predicted octanol–water partition coefficient (Wildman–Crippen LogP) is 2.64. The number of sulfonamides is 1. The number of para-hydroxylation sites is 1. The van der Waals surface area contributed by atoms with E-state index in [0.717, 1.165) is 6.26 Å². The van der Waals surface area contributed by atoms with Crippen LogP contribution < -0.4 is 20.1 Å². The van der Waals surface area contributed by atoms with E-state index in [9.17, 15) is 17.6 Å². The number of anilines is 3. The van der Waals surface area contributed by atoms with E-state index in [1.165, 1.54) is 31.4 Å². The molecule has 0 bridgehead atoms. The van der Waals surface area contributed by atoms with Crippen LogP contribution in [-0.2, 0) is 14.8 Å². The molecule has 2 aromatic carbocycles. The number of amides is 1. The number of hydrogen-bond donors (Lipinski definition) is 3. The van der Waals surface area contributed by atoms with Gasteiger partial charge in [-0.05, 0) is 37.3 Å². The van der Waals surface area contributed by atoms with E-state index in [4.69, 9.17) is 4.74 Å². The molecule has 3 N–H and O–H groups in total. The largest absolute Gasteiger partial charge is 0.495 e. The Morgan fingerprint density at radius 1 is 1.15 bits per heavy atom. The highest BCUT2D eigenvalue weighted by atomic mass is 32.2. The molecule has 9 heteroatoms. The Balaban J connectivity index is 2.13. The molecule has 0 saturated carbocycles. The van der Waals surface area contributed by atoms with Gasteiger partial charge < -0.3 is 15.4 Å². The lowest BCUT2D eigenvalue weighted by Crippen LogP contribution is -2.32. The lowest BCUT2D eigenvalue weighted by atomic mass is 10.2. The van der Waals surface area contributed by atoms with Crippen molar-refractivity contribution in [2.24, 2.45) is 0 Å². The van der Waals surface area contributed by atoms with Crippen LogP contribution in [0.5, 0.6) is 5.75 Å². The molecule has 0 aliphatic carbocycles. The minimum Gasteiger partial charge on any atom is -0.495 e. The number of carbonyl (C=O) groups excluding carboxylic acids is 1. The molecule has 2 rings (SSSR count). The van der Waals surface area contributed by atoms with Crippen LogP contribution >= 0.6 is 0 Å². The van der Waals surface area contributed by atoms with Crippen LogP contribution in [0.15, 0.2) is 42.5 Å². The van der Waals surface area contributed by atoms with Crippen molar-refractivity contribution in [3.8, 4) is 5.75 Å². The van der Waals surface area contributed by atoms with E-state index in [2.05, 4.69) is 15.4 Å². The fraction of sp³-hybridized carbons (Fsp3) is 0.235. The second kappa shape index (κ2) is 8.05. The molecular weight excluding hydrogens is 361 g/mol. The minimum atomic E-state index is -3.50. The molecule has 0 aromatic heterocycles. The molecule has 2 aromatic rings. The van der Waals surface area contributed by atoms with E-state index < -0.39 is 27.8 Å². The first kappa shape index (κ1) is 19.5. The summed E-state index contributed by atoms with van der Waals surface area (Å²) in [6.07, 6.45) is 1.02. The third-order valence-electron chi connectivity index (χ3n) is 3.40. The first-order valence-corrected chi connectivity index (χ1v) is 9.56. The number of methoxy groups -OCH3 is 1. The van der Waals surface area contributed by atoms with Crippen molar-refractivity contribution < 1.29 is 22.3 Å². The molecule has 0 aliphatic rings. The second-order valence-corrected chi connectivity index (χ2v) is 7.37. The Bertz CT molecular complexity index is 903. The maximum absolute atomic E-state index is 13.6. The lowest BCUT2D eigenvalue weighted by molar-refractivity contribution is -0.116. The summed E-state index contributed by atoms with van der Waals surface area (Å²) in [5.74, 6) is -0.634. The first-order chi connectivity index (χ1) is 12.2. The summed E-state index contributed by atoms with van der Waals surface area (Å²) >= 11 is 0. The molecule has 0 saturated heterocycles. The van der Waals surface area contributed by atoms with Gasteiger partial charge in [0.2, 0.25) is 15.9 Å². The van der Waals surface area contributed by atoms with E-state index in [0.29, 0.717) is 11.4 Å². The van der Waals surface area contributed by atoms with Gasteiger partial charge in [-0.2, -0.15) is 0 Å². The van der Waals surface area contributed by atoms with Gasteiger partial charge >= 0.3 is 0 Å². The molecule has 140 valence electrons. The average molecular weight is 381 g/mol. The van der Waals surface area contributed by atoms with Gasteiger partial charge in [0.1, 0.15) is 17.6 Å². The Kier molecular flexibility index (Phi) is 6.04. The van der Waals surface area contributed by atoms with Gasteiger partial charge in [0.05, 0.1) is 24.7 Å². The van der Waals surface area contributed by atoms with Crippen LogP contribution in [0.3, 0.4) is 0 Å². The van der Waals surface area contributed by atoms with Crippen LogP contribution in [0.4, 0.5) is 21.5 Å². The van der Waals surface area contributed by atoms with Gasteiger partial charge in [-0.3, -0.25) is 9.52 Å². The van der Waals surface area contributed by atoms with Crippen LogP contribution in [0, 0.1) is 5.82 Å². The summed E-state index contributed by atoms with van der Waals surface area (Å²) in [4.78, 5) is 12.2. The monoisotopic (exact) mass is 381 g/mol. The normalized spacial score (nSPS) is 12.2. The van der Waals surface area contributed by atoms with E-state index in [-0.39, 0.29) is 11.4 Å². The van der Waals surface area contributed by atoms with Crippen molar-refractivity contribution >= 4 is 33.0 Å².